The van der Waals surface area contributed by atoms with Crippen molar-refractivity contribution in [3.05, 3.63) is 35.9 Å². The minimum Gasteiger partial charge on any atom is -0.462 e. The fourth-order valence-electron chi connectivity index (χ4n) is 5.43. The number of carbonyl (C=O) groups excluding carboxylic acids is 1. The van der Waals surface area contributed by atoms with Gasteiger partial charge in [0.25, 0.3) is 0 Å². The first-order valence-corrected chi connectivity index (χ1v) is 7.94. The zero-order valence-corrected chi connectivity index (χ0v) is 12.0. The van der Waals surface area contributed by atoms with E-state index in [2.05, 4.69) is 30.3 Å². The van der Waals surface area contributed by atoms with Gasteiger partial charge in [0, 0.05) is 12.8 Å². The van der Waals surface area contributed by atoms with Gasteiger partial charge in [-0.1, -0.05) is 30.3 Å². The van der Waals surface area contributed by atoms with E-state index in [1.54, 1.807) is 6.92 Å². The molecular formula is C18H22O2. The molecule has 4 bridgehead atoms. The molecule has 0 radical (unpaired) electrons. The van der Waals surface area contributed by atoms with E-state index in [-0.39, 0.29) is 12.1 Å². The molecule has 1 aromatic rings. The third kappa shape index (κ3) is 1.88. The van der Waals surface area contributed by atoms with Gasteiger partial charge in [-0.05, 0) is 54.9 Å². The summed E-state index contributed by atoms with van der Waals surface area (Å²) in [6, 6.07) is 10.9. The van der Waals surface area contributed by atoms with Gasteiger partial charge in [-0.15, -0.1) is 0 Å². The minimum atomic E-state index is -0.103. The van der Waals surface area contributed by atoms with Crippen LogP contribution < -0.4 is 0 Å². The second-order valence-corrected chi connectivity index (χ2v) is 7.00. The number of hydrogen-bond donors (Lipinski definition) is 0. The van der Waals surface area contributed by atoms with Crippen LogP contribution in [0.1, 0.15) is 44.1 Å². The zero-order valence-electron chi connectivity index (χ0n) is 12.0. The molecule has 4 fully saturated rings. The third-order valence-corrected chi connectivity index (χ3v) is 5.83. The first-order chi connectivity index (χ1) is 9.72. The Morgan fingerprint density at radius 1 is 1.05 bits per heavy atom. The van der Waals surface area contributed by atoms with Gasteiger partial charge in [-0.2, -0.15) is 0 Å². The molecule has 6 atom stereocenters. The van der Waals surface area contributed by atoms with Crippen LogP contribution in [0.15, 0.2) is 30.3 Å². The van der Waals surface area contributed by atoms with Gasteiger partial charge in [0.05, 0.1) is 0 Å². The summed E-state index contributed by atoms with van der Waals surface area (Å²) in [5, 5.41) is 0. The number of ether oxygens (including phenoxy) is 1. The highest BCUT2D eigenvalue weighted by Gasteiger charge is 2.55. The molecule has 0 spiro atoms. The van der Waals surface area contributed by atoms with Crippen molar-refractivity contribution in [1.29, 1.82) is 0 Å². The van der Waals surface area contributed by atoms with E-state index < -0.39 is 0 Å². The lowest BCUT2D eigenvalue weighted by Crippen LogP contribution is -2.53. The molecule has 2 heteroatoms. The van der Waals surface area contributed by atoms with Crippen LogP contribution in [-0.4, -0.2) is 12.1 Å². The molecule has 6 unspecified atom stereocenters. The van der Waals surface area contributed by atoms with Gasteiger partial charge < -0.3 is 4.74 Å². The van der Waals surface area contributed by atoms with Crippen LogP contribution in [0.25, 0.3) is 0 Å². The lowest BCUT2D eigenvalue weighted by atomic mass is 9.49. The first-order valence-electron chi connectivity index (χ1n) is 7.94. The molecule has 4 saturated carbocycles. The lowest BCUT2D eigenvalue weighted by molar-refractivity contribution is -0.171. The Kier molecular flexibility index (Phi) is 2.87. The Hall–Kier alpha value is -1.31. The standard InChI is InChI=1S/C18H22O2/c1-11(19)20-18-15-8-12-7-14(10-15)17(16(18)9-12)13-5-3-2-4-6-13/h2-6,12,14-18H,7-10H2,1H3. The minimum absolute atomic E-state index is 0.103. The third-order valence-electron chi connectivity index (χ3n) is 5.83. The predicted molar refractivity (Wildman–Crippen MR) is 77.2 cm³/mol. The summed E-state index contributed by atoms with van der Waals surface area (Å²) in [6.45, 7) is 1.56. The number of carbonyl (C=O) groups is 1. The molecule has 20 heavy (non-hydrogen) atoms. The lowest BCUT2D eigenvalue weighted by Gasteiger charge is -2.57. The topological polar surface area (TPSA) is 26.3 Å². The smallest absolute Gasteiger partial charge is 0.302 e. The number of hydrogen-bond acceptors (Lipinski definition) is 2. The molecule has 0 saturated heterocycles. The SMILES string of the molecule is CC(=O)OC1C2CC3CC(C2)C(c2ccccc2)C1C3. The summed E-state index contributed by atoms with van der Waals surface area (Å²) < 4.78 is 5.74. The summed E-state index contributed by atoms with van der Waals surface area (Å²) in [4.78, 5) is 11.5. The van der Waals surface area contributed by atoms with Gasteiger partial charge >= 0.3 is 5.97 Å². The first kappa shape index (κ1) is 12.4. The molecule has 2 nitrogen and oxygen atoms in total. The van der Waals surface area contributed by atoms with Crippen LogP contribution in [-0.2, 0) is 9.53 Å². The molecule has 0 amide bonds. The van der Waals surface area contributed by atoms with E-state index in [0.717, 1.165) is 11.8 Å². The van der Waals surface area contributed by atoms with E-state index in [0.29, 0.717) is 17.8 Å². The van der Waals surface area contributed by atoms with Crippen LogP contribution in [0, 0.1) is 23.7 Å². The Labute approximate surface area is 120 Å². The molecule has 4 aliphatic carbocycles. The van der Waals surface area contributed by atoms with E-state index in [4.69, 9.17) is 4.74 Å². The van der Waals surface area contributed by atoms with Crippen molar-refractivity contribution in [1.82, 2.24) is 0 Å². The van der Waals surface area contributed by atoms with Gasteiger partial charge in [0.15, 0.2) is 0 Å². The predicted octanol–water partition coefficient (Wildman–Crippen LogP) is 3.77. The average Bonchev–Trinajstić information content (AvgIpc) is 2.43. The fraction of sp³-hybridized carbons (Fsp3) is 0.611. The quantitative estimate of drug-likeness (QED) is 0.765. The molecular weight excluding hydrogens is 248 g/mol. The summed E-state index contributed by atoms with van der Waals surface area (Å²) in [5.41, 5.74) is 1.46. The highest BCUT2D eigenvalue weighted by Crippen LogP contribution is 2.60. The van der Waals surface area contributed by atoms with E-state index in [1.807, 2.05) is 0 Å². The molecule has 4 aliphatic rings. The van der Waals surface area contributed by atoms with Gasteiger partial charge in [-0.3, -0.25) is 4.79 Å². The summed E-state index contributed by atoms with van der Waals surface area (Å²) in [6.07, 6.45) is 5.35. The second kappa shape index (κ2) is 4.61. The number of benzene rings is 1. The van der Waals surface area contributed by atoms with E-state index in [9.17, 15) is 4.79 Å². The van der Waals surface area contributed by atoms with E-state index >= 15 is 0 Å². The van der Waals surface area contributed by atoms with Crippen LogP contribution >= 0.6 is 0 Å². The molecule has 0 aromatic heterocycles. The summed E-state index contributed by atoms with van der Waals surface area (Å²) >= 11 is 0. The van der Waals surface area contributed by atoms with Crippen molar-refractivity contribution < 1.29 is 9.53 Å². The van der Waals surface area contributed by atoms with Crippen LogP contribution in [0.5, 0.6) is 0 Å². The van der Waals surface area contributed by atoms with Gasteiger partial charge in [0.1, 0.15) is 6.10 Å². The molecule has 0 N–H and O–H groups in total. The van der Waals surface area contributed by atoms with Gasteiger partial charge in [-0.25, -0.2) is 0 Å². The molecule has 0 heterocycles. The fourth-order valence-corrected chi connectivity index (χ4v) is 5.43. The normalized spacial score (nSPS) is 41.6. The van der Waals surface area contributed by atoms with Gasteiger partial charge in [0.2, 0.25) is 0 Å². The molecule has 1 aromatic carbocycles. The van der Waals surface area contributed by atoms with Crippen molar-refractivity contribution in [3.63, 3.8) is 0 Å². The van der Waals surface area contributed by atoms with Crippen molar-refractivity contribution >= 4 is 5.97 Å². The second-order valence-electron chi connectivity index (χ2n) is 7.00. The molecule has 5 rings (SSSR count). The largest absolute Gasteiger partial charge is 0.462 e. The van der Waals surface area contributed by atoms with Crippen LogP contribution in [0.4, 0.5) is 0 Å². The van der Waals surface area contributed by atoms with E-state index in [1.165, 1.54) is 31.2 Å². The van der Waals surface area contributed by atoms with Crippen molar-refractivity contribution in [2.45, 2.75) is 44.6 Å². The van der Waals surface area contributed by atoms with Crippen LogP contribution in [0.3, 0.4) is 0 Å². The van der Waals surface area contributed by atoms with Crippen molar-refractivity contribution in [2.75, 3.05) is 0 Å². The Morgan fingerprint density at radius 3 is 2.55 bits per heavy atom. The Bertz CT molecular complexity index is 509. The highest BCUT2D eigenvalue weighted by atomic mass is 16.5. The molecule has 106 valence electrons. The Morgan fingerprint density at radius 2 is 1.80 bits per heavy atom. The average molecular weight is 270 g/mol. The zero-order chi connectivity index (χ0) is 13.7. The number of esters is 1. The molecule has 0 aliphatic heterocycles. The monoisotopic (exact) mass is 270 g/mol. The maximum Gasteiger partial charge on any atom is 0.302 e. The number of rotatable bonds is 2. The maximum atomic E-state index is 11.5. The summed E-state index contributed by atoms with van der Waals surface area (Å²) in [5.74, 6) is 3.38. The highest BCUT2D eigenvalue weighted by molar-refractivity contribution is 5.66. The maximum absolute atomic E-state index is 11.5. The van der Waals surface area contributed by atoms with Crippen molar-refractivity contribution in [3.8, 4) is 0 Å². The van der Waals surface area contributed by atoms with Crippen molar-refractivity contribution in [2.24, 2.45) is 23.7 Å². The summed E-state index contributed by atoms with van der Waals surface area (Å²) in [7, 11) is 0. The van der Waals surface area contributed by atoms with Crippen LogP contribution in [0.2, 0.25) is 0 Å². The Balaban J connectivity index is 1.68.